The zero-order valence-corrected chi connectivity index (χ0v) is 19.8. The first-order valence-electron chi connectivity index (χ1n) is 10.1. The summed E-state index contributed by atoms with van der Waals surface area (Å²) in [6, 6.07) is 12.3. The predicted molar refractivity (Wildman–Crippen MR) is 130 cm³/mol. The fourth-order valence-corrected chi connectivity index (χ4v) is 4.27. The van der Waals surface area contributed by atoms with E-state index in [1.165, 1.54) is 11.4 Å². The fourth-order valence-electron chi connectivity index (χ4n) is 3.71. The van der Waals surface area contributed by atoms with Crippen molar-refractivity contribution in [2.24, 2.45) is 0 Å². The molecule has 166 valence electrons. The van der Waals surface area contributed by atoms with Crippen molar-refractivity contribution in [1.29, 1.82) is 0 Å². The molecule has 0 unspecified atom stereocenters. The molecule has 8 nitrogen and oxygen atoms in total. The van der Waals surface area contributed by atoms with E-state index in [9.17, 15) is 9.59 Å². The number of nitrogens with zero attached hydrogens (tertiary/aromatic N) is 4. The number of piperidine rings is 1. The van der Waals surface area contributed by atoms with E-state index >= 15 is 0 Å². The number of benzene rings is 2. The number of halogens is 1. The van der Waals surface area contributed by atoms with Crippen LogP contribution in [0.1, 0.15) is 23.2 Å². The van der Waals surface area contributed by atoms with Crippen LogP contribution in [-0.4, -0.2) is 48.4 Å². The van der Waals surface area contributed by atoms with E-state index in [1.807, 2.05) is 12.1 Å². The van der Waals surface area contributed by atoms with Crippen molar-refractivity contribution in [3.05, 3.63) is 58.7 Å². The minimum Gasteiger partial charge on any atom is -0.465 e. The van der Waals surface area contributed by atoms with Crippen molar-refractivity contribution >= 4 is 63.0 Å². The molecule has 3 aromatic rings. The maximum atomic E-state index is 12.7. The number of carbonyl (C=O) groups excluding carboxylic acids is 2. The second-order valence-electron chi connectivity index (χ2n) is 7.46. The van der Waals surface area contributed by atoms with Crippen molar-refractivity contribution in [2.45, 2.75) is 18.9 Å². The van der Waals surface area contributed by atoms with E-state index in [0.29, 0.717) is 11.3 Å². The van der Waals surface area contributed by atoms with E-state index in [0.717, 1.165) is 47.0 Å². The van der Waals surface area contributed by atoms with Crippen molar-refractivity contribution in [1.82, 2.24) is 15.5 Å². The SMILES string of the molecule is COC(=O)c1ccc(N(S)C(=O)NC2CCN(c3nncc4ccc(Br)cc34)CC2)cc1. The Morgan fingerprint density at radius 3 is 2.59 bits per heavy atom. The van der Waals surface area contributed by atoms with E-state index in [-0.39, 0.29) is 12.1 Å². The summed E-state index contributed by atoms with van der Waals surface area (Å²) in [5, 5.41) is 13.6. The van der Waals surface area contributed by atoms with Gasteiger partial charge in [-0.1, -0.05) is 34.8 Å². The second kappa shape index (κ2) is 9.74. The Labute approximate surface area is 199 Å². The molecule has 1 aliphatic heterocycles. The summed E-state index contributed by atoms with van der Waals surface area (Å²) >= 11 is 7.85. The molecule has 2 amide bonds. The number of rotatable bonds is 4. The van der Waals surface area contributed by atoms with Gasteiger partial charge in [0.2, 0.25) is 0 Å². The average molecular weight is 516 g/mol. The molecular weight excluding hydrogens is 494 g/mol. The lowest BCUT2D eigenvalue weighted by Gasteiger charge is -2.34. The number of aromatic nitrogens is 2. The Hall–Kier alpha value is -2.85. The molecule has 0 aliphatic carbocycles. The first-order chi connectivity index (χ1) is 15.5. The van der Waals surface area contributed by atoms with E-state index in [2.05, 4.69) is 60.0 Å². The van der Waals surface area contributed by atoms with Crippen LogP contribution in [0.25, 0.3) is 10.8 Å². The second-order valence-corrected chi connectivity index (χ2v) is 8.78. The van der Waals surface area contributed by atoms with E-state index in [1.54, 1.807) is 30.5 Å². The number of fused-ring (bicyclic) bond motifs is 1. The van der Waals surface area contributed by atoms with Gasteiger partial charge < -0.3 is 15.0 Å². The largest absolute Gasteiger partial charge is 0.465 e. The zero-order valence-electron chi connectivity index (χ0n) is 17.4. The fraction of sp³-hybridized carbons (Fsp3) is 0.273. The normalized spacial score (nSPS) is 14.3. The maximum absolute atomic E-state index is 12.7. The van der Waals surface area contributed by atoms with Crippen molar-refractivity contribution < 1.29 is 14.3 Å². The number of esters is 1. The van der Waals surface area contributed by atoms with Gasteiger partial charge in [0.1, 0.15) is 0 Å². The number of anilines is 2. The van der Waals surface area contributed by atoms with Crippen LogP contribution < -0.4 is 14.5 Å². The van der Waals surface area contributed by atoms with Gasteiger partial charge in [0.15, 0.2) is 5.82 Å². The van der Waals surface area contributed by atoms with Crippen LogP contribution in [0.4, 0.5) is 16.3 Å². The van der Waals surface area contributed by atoms with Gasteiger partial charge in [-0.3, -0.25) is 0 Å². The first kappa shape index (κ1) is 22.3. The number of carbonyl (C=O) groups is 2. The lowest BCUT2D eigenvalue weighted by atomic mass is 10.0. The highest BCUT2D eigenvalue weighted by molar-refractivity contribution is 9.10. The zero-order chi connectivity index (χ0) is 22.7. The van der Waals surface area contributed by atoms with E-state index < -0.39 is 5.97 Å². The molecule has 2 aromatic carbocycles. The highest BCUT2D eigenvalue weighted by Gasteiger charge is 2.24. The number of hydrogen-bond donors (Lipinski definition) is 2. The quantitative estimate of drug-likeness (QED) is 0.399. The molecule has 32 heavy (non-hydrogen) atoms. The molecular formula is C22H22BrN5O3S. The maximum Gasteiger partial charge on any atom is 0.337 e. The third-order valence-corrected chi connectivity index (χ3v) is 6.36. The molecule has 1 aromatic heterocycles. The first-order valence-corrected chi connectivity index (χ1v) is 11.3. The third-order valence-electron chi connectivity index (χ3n) is 5.45. The Balaban J connectivity index is 1.36. The smallest absolute Gasteiger partial charge is 0.337 e. The Bertz CT molecular complexity index is 1140. The molecule has 1 aliphatic rings. The number of nitrogens with one attached hydrogen (secondary N) is 1. The van der Waals surface area contributed by atoms with Crippen LogP contribution in [0.5, 0.6) is 0 Å². The van der Waals surface area contributed by atoms with Gasteiger partial charge in [0.25, 0.3) is 0 Å². The average Bonchev–Trinajstić information content (AvgIpc) is 2.83. The Kier molecular flexibility index (Phi) is 6.80. The molecule has 1 N–H and O–H groups in total. The van der Waals surface area contributed by atoms with Gasteiger partial charge in [0, 0.05) is 34.4 Å². The topological polar surface area (TPSA) is 87.7 Å². The van der Waals surface area contributed by atoms with Crippen molar-refractivity contribution in [2.75, 3.05) is 29.4 Å². The summed E-state index contributed by atoms with van der Waals surface area (Å²) in [7, 11) is 1.33. The number of methoxy groups -OCH3 is 1. The summed E-state index contributed by atoms with van der Waals surface area (Å²) in [6.45, 7) is 1.51. The highest BCUT2D eigenvalue weighted by Crippen LogP contribution is 2.28. The van der Waals surface area contributed by atoms with Crippen LogP contribution in [0.2, 0.25) is 0 Å². The van der Waals surface area contributed by atoms with Crippen LogP contribution >= 0.6 is 28.7 Å². The lowest BCUT2D eigenvalue weighted by molar-refractivity contribution is 0.0600. The van der Waals surface area contributed by atoms with Gasteiger partial charge in [-0.15, -0.1) is 5.10 Å². The van der Waals surface area contributed by atoms with Gasteiger partial charge in [-0.2, -0.15) is 5.10 Å². The summed E-state index contributed by atoms with van der Waals surface area (Å²) in [5.74, 6) is 0.428. The predicted octanol–water partition coefficient (Wildman–Crippen LogP) is 4.21. The van der Waals surface area contributed by atoms with Gasteiger partial charge in [-0.05, 0) is 49.2 Å². The summed E-state index contributed by atoms with van der Waals surface area (Å²) in [6.07, 6.45) is 3.32. The molecule has 0 spiro atoms. The van der Waals surface area contributed by atoms with Crippen LogP contribution in [0, 0.1) is 0 Å². The van der Waals surface area contributed by atoms with Gasteiger partial charge in [0.05, 0.1) is 24.6 Å². The summed E-state index contributed by atoms with van der Waals surface area (Å²) in [4.78, 5) is 26.4. The van der Waals surface area contributed by atoms with Crippen molar-refractivity contribution in [3.8, 4) is 0 Å². The number of hydrogen-bond acceptors (Lipinski definition) is 7. The number of ether oxygens (including phenoxy) is 1. The molecule has 0 radical (unpaired) electrons. The van der Waals surface area contributed by atoms with Gasteiger partial charge >= 0.3 is 12.0 Å². The molecule has 0 atom stereocenters. The summed E-state index contributed by atoms with van der Waals surface area (Å²) in [5.41, 5.74) is 0.974. The lowest BCUT2D eigenvalue weighted by Crippen LogP contribution is -2.47. The molecule has 0 bridgehead atoms. The van der Waals surface area contributed by atoms with E-state index in [4.69, 9.17) is 0 Å². The Morgan fingerprint density at radius 2 is 1.91 bits per heavy atom. The number of thiol groups is 1. The molecule has 0 saturated carbocycles. The number of amides is 2. The third kappa shape index (κ3) is 4.81. The number of urea groups is 1. The minimum atomic E-state index is -0.429. The molecule has 10 heteroatoms. The monoisotopic (exact) mass is 515 g/mol. The Morgan fingerprint density at radius 1 is 1.19 bits per heavy atom. The van der Waals surface area contributed by atoms with Crippen molar-refractivity contribution in [3.63, 3.8) is 0 Å². The molecule has 4 rings (SSSR count). The van der Waals surface area contributed by atoms with Gasteiger partial charge in [-0.25, -0.2) is 13.9 Å². The highest BCUT2D eigenvalue weighted by atomic mass is 79.9. The molecule has 1 fully saturated rings. The van der Waals surface area contributed by atoms with Crippen LogP contribution in [-0.2, 0) is 4.74 Å². The van der Waals surface area contributed by atoms with Crippen LogP contribution in [0.15, 0.2) is 53.1 Å². The minimum absolute atomic E-state index is 0.0254. The standard InChI is InChI=1S/C22H22BrN5O3S/c1-31-21(29)14-3-6-18(7-4-14)28(32)22(30)25-17-8-10-27(11-9-17)20-19-12-16(23)5-2-15(19)13-24-26-20/h2-7,12-13,17,32H,8-11H2,1H3,(H,25,30). The molecule has 1 saturated heterocycles. The van der Waals surface area contributed by atoms with Crippen LogP contribution in [0.3, 0.4) is 0 Å². The summed E-state index contributed by atoms with van der Waals surface area (Å²) < 4.78 is 6.92. The molecule has 2 heterocycles.